The third-order valence-electron chi connectivity index (χ3n) is 4.70. The normalized spacial score (nSPS) is 15.8. The molecule has 0 spiro atoms. The Balaban J connectivity index is 2.46. The molecule has 0 unspecified atom stereocenters. The van der Waals surface area contributed by atoms with Gasteiger partial charge in [-0.25, -0.2) is 9.59 Å². The lowest BCUT2D eigenvalue weighted by atomic mass is 9.80. The highest BCUT2D eigenvalue weighted by Crippen LogP contribution is 2.41. The molecule has 1 aliphatic heterocycles. The maximum atomic E-state index is 13.0. The number of allylic oxidation sites excluding steroid dienone is 1. The second kappa shape index (κ2) is 12.5. The van der Waals surface area contributed by atoms with E-state index in [9.17, 15) is 14.4 Å². The topological polar surface area (TPSA) is 103 Å². The van der Waals surface area contributed by atoms with Crippen molar-refractivity contribution in [1.82, 2.24) is 10.6 Å². The van der Waals surface area contributed by atoms with Crippen LogP contribution in [0.1, 0.15) is 25.3 Å². The van der Waals surface area contributed by atoms with Crippen LogP contribution in [0, 0.1) is 0 Å². The SMILES string of the molecule is CCOC(=O)C1=C(COCCNC(=O)CCl)NC(C)=C(C(=O)OC)[C@H]1c1ccccc1Cl. The van der Waals surface area contributed by atoms with E-state index in [2.05, 4.69) is 10.6 Å². The van der Waals surface area contributed by atoms with Crippen molar-refractivity contribution in [2.45, 2.75) is 19.8 Å². The molecule has 1 amide bonds. The molecular formula is C22H26Cl2N2O6. The molecule has 10 heteroatoms. The lowest BCUT2D eigenvalue weighted by molar-refractivity contribution is -0.139. The number of nitrogens with one attached hydrogen (secondary N) is 2. The van der Waals surface area contributed by atoms with Crippen molar-refractivity contribution in [3.8, 4) is 0 Å². The van der Waals surface area contributed by atoms with E-state index >= 15 is 0 Å². The number of ether oxygens (including phenoxy) is 3. The molecule has 0 bridgehead atoms. The summed E-state index contributed by atoms with van der Waals surface area (Å²) in [6, 6.07) is 6.95. The second-order valence-corrected chi connectivity index (χ2v) is 7.43. The van der Waals surface area contributed by atoms with E-state index in [1.807, 2.05) is 0 Å². The second-order valence-electron chi connectivity index (χ2n) is 6.76. The summed E-state index contributed by atoms with van der Waals surface area (Å²) >= 11 is 11.9. The first-order valence-corrected chi connectivity index (χ1v) is 10.9. The zero-order chi connectivity index (χ0) is 23.7. The fourth-order valence-electron chi connectivity index (χ4n) is 3.35. The molecule has 0 aliphatic carbocycles. The van der Waals surface area contributed by atoms with Gasteiger partial charge in [-0.1, -0.05) is 29.8 Å². The Bertz CT molecular complexity index is 929. The van der Waals surface area contributed by atoms with Crippen LogP contribution in [-0.4, -0.2) is 57.2 Å². The molecule has 1 heterocycles. The number of benzene rings is 1. The van der Waals surface area contributed by atoms with Crippen LogP contribution >= 0.6 is 23.2 Å². The number of hydrogen-bond donors (Lipinski definition) is 2. The standard InChI is InChI=1S/C22H26Cl2N2O6/c1-4-32-22(29)20-16(12-31-10-9-25-17(27)11-23)26-13(2)18(21(28)30-3)19(20)14-7-5-6-8-15(14)24/h5-8,19,26H,4,9-12H2,1-3H3,(H,25,27)/t19-/m1/s1. The van der Waals surface area contributed by atoms with Crippen molar-refractivity contribution in [3.05, 3.63) is 57.4 Å². The predicted octanol–water partition coefficient (Wildman–Crippen LogP) is 2.66. The molecule has 2 rings (SSSR count). The minimum Gasteiger partial charge on any atom is -0.466 e. The predicted molar refractivity (Wildman–Crippen MR) is 120 cm³/mol. The van der Waals surface area contributed by atoms with E-state index in [0.717, 1.165) is 0 Å². The maximum absolute atomic E-state index is 13.0. The van der Waals surface area contributed by atoms with Crippen LogP contribution in [0.5, 0.6) is 0 Å². The number of methoxy groups -OCH3 is 1. The van der Waals surface area contributed by atoms with Crippen LogP contribution in [0.4, 0.5) is 0 Å². The number of rotatable bonds is 10. The van der Waals surface area contributed by atoms with Crippen LogP contribution in [0.15, 0.2) is 46.8 Å². The Morgan fingerprint density at radius 1 is 1.16 bits per heavy atom. The van der Waals surface area contributed by atoms with E-state index < -0.39 is 17.9 Å². The molecule has 0 radical (unpaired) electrons. The molecule has 174 valence electrons. The first-order valence-electron chi connectivity index (χ1n) is 9.96. The van der Waals surface area contributed by atoms with Gasteiger partial charge in [0.25, 0.3) is 0 Å². The number of dihydropyridines is 1. The highest BCUT2D eigenvalue weighted by atomic mass is 35.5. The lowest BCUT2D eigenvalue weighted by Crippen LogP contribution is -2.35. The Kier molecular flexibility index (Phi) is 10.0. The van der Waals surface area contributed by atoms with E-state index in [1.165, 1.54) is 7.11 Å². The Morgan fingerprint density at radius 2 is 1.88 bits per heavy atom. The average molecular weight is 485 g/mol. The van der Waals surface area contributed by atoms with Gasteiger partial charge in [0.05, 0.1) is 49.7 Å². The third kappa shape index (κ3) is 6.25. The Labute approximate surface area is 196 Å². The van der Waals surface area contributed by atoms with Crippen LogP contribution < -0.4 is 10.6 Å². The summed E-state index contributed by atoms with van der Waals surface area (Å²) in [5.41, 5.74) is 1.95. The average Bonchev–Trinajstić information content (AvgIpc) is 2.78. The van der Waals surface area contributed by atoms with Gasteiger partial charge in [-0.3, -0.25) is 4.79 Å². The van der Waals surface area contributed by atoms with Crippen molar-refractivity contribution in [3.63, 3.8) is 0 Å². The largest absolute Gasteiger partial charge is 0.466 e. The van der Waals surface area contributed by atoms with Crippen molar-refractivity contribution in [2.24, 2.45) is 0 Å². The fourth-order valence-corrected chi connectivity index (χ4v) is 3.68. The fraction of sp³-hybridized carbons (Fsp3) is 0.409. The number of carbonyl (C=O) groups excluding carboxylic acids is 3. The number of hydrogen-bond acceptors (Lipinski definition) is 7. The first kappa shape index (κ1) is 25.7. The van der Waals surface area contributed by atoms with E-state index in [-0.39, 0.29) is 49.3 Å². The maximum Gasteiger partial charge on any atom is 0.336 e. The molecule has 2 N–H and O–H groups in total. The van der Waals surface area contributed by atoms with Gasteiger partial charge in [0.1, 0.15) is 5.88 Å². The summed E-state index contributed by atoms with van der Waals surface area (Å²) in [6.07, 6.45) is 0. The van der Waals surface area contributed by atoms with E-state index in [0.29, 0.717) is 22.0 Å². The lowest BCUT2D eigenvalue weighted by Gasteiger charge is -2.31. The molecule has 0 saturated carbocycles. The molecule has 0 saturated heterocycles. The van der Waals surface area contributed by atoms with Gasteiger partial charge in [-0.15, -0.1) is 11.6 Å². The number of carbonyl (C=O) groups is 3. The van der Waals surface area contributed by atoms with Gasteiger partial charge in [-0.05, 0) is 25.5 Å². The van der Waals surface area contributed by atoms with Gasteiger partial charge in [-0.2, -0.15) is 0 Å². The zero-order valence-electron chi connectivity index (χ0n) is 18.1. The van der Waals surface area contributed by atoms with Crippen LogP contribution in [0.3, 0.4) is 0 Å². The highest BCUT2D eigenvalue weighted by Gasteiger charge is 2.39. The Hall–Kier alpha value is -2.55. The Morgan fingerprint density at radius 3 is 2.50 bits per heavy atom. The van der Waals surface area contributed by atoms with Crippen molar-refractivity contribution < 1.29 is 28.6 Å². The van der Waals surface area contributed by atoms with Crippen LogP contribution in [0.2, 0.25) is 5.02 Å². The number of esters is 2. The summed E-state index contributed by atoms with van der Waals surface area (Å²) < 4.78 is 15.9. The molecule has 1 aliphatic rings. The quantitative estimate of drug-likeness (QED) is 0.299. The van der Waals surface area contributed by atoms with Crippen molar-refractivity contribution >= 4 is 41.0 Å². The summed E-state index contributed by atoms with van der Waals surface area (Å²) in [6.45, 7) is 4.00. The summed E-state index contributed by atoms with van der Waals surface area (Å²) in [7, 11) is 1.27. The van der Waals surface area contributed by atoms with Crippen LogP contribution in [-0.2, 0) is 28.6 Å². The van der Waals surface area contributed by atoms with Gasteiger partial charge in [0, 0.05) is 17.3 Å². The van der Waals surface area contributed by atoms with Crippen molar-refractivity contribution in [2.75, 3.05) is 39.4 Å². The molecule has 8 nitrogen and oxygen atoms in total. The minimum atomic E-state index is -0.814. The molecule has 0 fully saturated rings. The van der Waals surface area contributed by atoms with Crippen LogP contribution in [0.25, 0.3) is 0 Å². The number of halogens is 2. The molecule has 1 aromatic carbocycles. The van der Waals surface area contributed by atoms with E-state index in [4.69, 9.17) is 37.4 Å². The molecule has 32 heavy (non-hydrogen) atoms. The monoisotopic (exact) mass is 484 g/mol. The molecule has 1 aromatic rings. The molecular weight excluding hydrogens is 459 g/mol. The van der Waals surface area contributed by atoms with Gasteiger partial charge < -0.3 is 24.8 Å². The van der Waals surface area contributed by atoms with E-state index in [1.54, 1.807) is 38.1 Å². The smallest absolute Gasteiger partial charge is 0.336 e. The van der Waals surface area contributed by atoms with Gasteiger partial charge in [0.15, 0.2) is 0 Å². The third-order valence-corrected chi connectivity index (χ3v) is 5.29. The minimum absolute atomic E-state index is 0.0115. The van der Waals surface area contributed by atoms with Crippen molar-refractivity contribution in [1.29, 1.82) is 0 Å². The molecule has 0 aromatic heterocycles. The van der Waals surface area contributed by atoms with Gasteiger partial charge in [0.2, 0.25) is 5.91 Å². The first-order chi connectivity index (χ1) is 15.3. The molecule has 1 atom stereocenters. The number of amides is 1. The summed E-state index contributed by atoms with van der Waals surface area (Å²) in [5.74, 6) is -2.46. The summed E-state index contributed by atoms with van der Waals surface area (Å²) in [5, 5.41) is 6.06. The van der Waals surface area contributed by atoms with Gasteiger partial charge >= 0.3 is 11.9 Å². The number of alkyl halides is 1. The summed E-state index contributed by atoms with van der Waals surface area (Å²) in [4.78, 5) is 36.9. The zero-order valence-corrected chi connectivity index (χ0v) is 19.6. The highest BCUT2D eigenvalue weighted by molar-refractivity contribution is 6.31.